The van der Waals surface area contributed by atoms with E-state index in [1.165, 1.54) is 35.5 Å². The van der Waals surface area contributed by atoms with Crippen LogP contribution < -0.4 is 10.2 Å². The Labute approximate surface area is 169 Å². The number of para-hydroxylation sites is 1. The Balaban J connectivity index is 1.43. The third-order valence-electron chi connectivity index (χ3n) is 5.02. The van der Waals surface area contributed by atoms with E-state index in [1.807, 2.05) is 12.1 Å². The number of Topliss-reactive ketones (excluding diaryl/α,β-unsaturated/α-hetero) is 1. The average Bonchev–Trinajstić information content (AvgIpc) is 2.74. The fourth-order valence-corrected chi connectivity index (χ4v) is 3.35. The van der Waals surface area contributed by atoms with Gasteiger partial charge in [0.15, 0.2) is 0 Å². The molecule has 0 spiro atoms. The van der Waals surface area contributed by atoms with Crippen molar-refractivity contribution in [1.29, 1.82) is 0 Å². The highest BCUT2D eigenvalue weighted by Crippen LogP contribution is 2.20. The summed E-state index contributed by atoms with van der Waals surface area (Å²) in [5, 5.41) is 2.40. The third kappa shape index (κ3) is 5.40. The van der Waals surface area contributed by atoms with Crippen LogP contribution in [-0.4, -0.2) is 55.2 Å². The lowest BCUT2D eigenvalue weighted by molar-refractivity contribution is -0.139. The Morgan fingerprint density at radius 3 is 2.28 bits per heavy atom. The number of nitrogens with one attached hydrogen (secondary N) is 1. The molecule has 0 aliphatic carbocycles. The van der Waals surface area contributed by atoms with Gasteiger partial charge in [0.25, 0.3) is 5.91 Å². The maximum absolute atomic E-state index is 12.9. The van der Waals surface area contributed by atoms with Crippen molar-refractivity contribution in [2.45, 2.75) is 13.3 Å². The number of amides is 2. The van der Waals surface area contributed by atoms with E-state index in [9.17, 15) is 18.8 Å². The first-order chi connectivity index (χ1) is 13.9. The molecule has 6 nitrogen and oxygen atoms in total. The summed E-state index contributed by atoms with van der Waals surface area (Å²) in [5.74, 6) is -2.08. The zero-order valence-corrected chi connectivity index (χ0v) is 16.4. The average molecular weight is 397 g/mol. The Morgan fingerprint density at radius 2 is 1.62 bits per heavy atom. The second-order valence-corrected chi connectivity index (χ2v) is 7.06. The number of halogens is 1. The van der Waals surface area contributed by atoms with Gasteiger partial charge in [-0.15, -0.1) is 0 Å². The van der Waals surface area contributed by atoms with Crippen LogP contribution in [0.1, 0.15) is 11.1 Å². The molecule has 1 N–H and O–H groups in total. The third-order valence-corrected chi connectivity index (χ3v) is 5.02. The number of piperazine rings is 1. The fraction of sp³-hybridized carbons (Fsp3) is 0.318. The number of hydrogen-bond donors (Lipinski definition) is 1. The number of carbonyl (C=O) groups is 3. The van der Waals surface area contributed by atoms with Crippen LogP contribution in [0.2, 0.25) is 0 Å². The minimum absolute atomic E-state index is 0.130. The smallest absolute Gasteiger partial charge is 0.288 e. The van der Waals surface area contributed by atoms with Crippen LogP contribution in [0.5, 0.6) is 0 Å². The Hall–Kier alpha value is -3.22. The summed E-state index contributed by atoms with van der Waals surface area (Å²) < 4.78 is 12.9. The van der Waals surface area contributed by atoms with Crippen LogP contribution in [-0.2, 0) is 20.8 Å². The molecule has 7 heteroatoms. The van der Waals surface area contributed by atoms with E-state index < -0.39 is 17.5 Å². The highest BCUT2D eigenvalue weighted by atomic mass is 19.1. The van der Waals surface area contributed by atoms with E-state index in [-0.39, 0.29) is 18.9 Å². The summed E-state index contributed by atoms with van der Waals surface area (Å²) in [4.78, 5) is 40.2. The maximum Gasteiger partial charge on any atom is 0.288 e. The van der Waals surface area contributed by atoms with Crippen molar-refractivity contribution in [3.05, 3.63) is 65.5 Å². The molecule has 1 aliphatic rings. The highest BCUT2D eigenvalue weighted by Gasteiger charge is 2.23. The van der Waals surface area contributed by atoms with Gasteiger partial charge in [-0.1, -0.05) is 30.3 Å². The van der Waals surface area contributed by atoms with Crippen LogP contribution >= 0.6 is 0 Å². The lowest BCUT2D eigenvalue weighted by Gasteiger charge is -2.36. The van der Waals surface area contributed by atoms with Crippen LogP contribution in [0, 0.1) is 12.7 Å². The summed E-state index contributed by atoms with van der Waals surface area (Å²) in [7, 11) is 0. The van der Waals surface area contributed by atoms with Gasteiger partial charge in [0.2, 0.25) is 11.7 Å². The fourth-order valence-electron chi connectivity index (χ4n) is 3.35. The van der Waals surface area contributed by atoms with E-state index in [0.717, 1.165) is 0 Å². The molecular weight excluding hydrogens is 373 g/mol. The zero-order valence-electron chi connectivity index (χ0n) is 16.4. The number of anilines is 1. The maximum atomic E-state index is 12.9. The topological polar surface area (TPSA) is 69.7 Å². The molecule has 3 rings (SSSR count). The number of ketones is 1. The normalized spacial score (nSPS) is 13.9. The lowest BCUT2D eigenvalue weighted by atomic mass is 10.1. The largest absolute Gasteiger partial charge is 0.368 e. The predicted molar refractivity (Wildman–Crippen MR) is 108 cm³/mol. The number of hydrogen-bond acceptors (Lipinski definition) is 4. The Bertz CT molecular complexity index is 890. The first-order valence-corrected chi connectivity index (χ1v) is 9.58. The molecule has 1 fully saturated rings. The van der Waals surface area contributed by atoms with E-state index >= 15 is 0 Å². The van der Waals surface area contributed by atoms with Gasteiger partial charge in [0.1, 0.15) is 5.82 Å². The molecule has 1 heterocycles. The second kappa shape index (κ2) is 9.32. The molecule has 2 aromatic rings. The predicted octanol–water partition coefficient (Wildman–Crippen LogP) is 1.71. The summed E-state index contributed by atoms with van der Waals surface area (Å²) in [6.45, 7) is 4.41. The number of carbonyl (C=O) groups excluding carboxylic acids is 3. The summed E-state index contributed by atoms with van der Waals surface area (Å²) in [6, 6.07) is 13.5. The molecule has 29 heavy (non-hydrogen) atoms. The number of nitrogens with zero attached hydrogens (tertiary/aromatic N) is 2. The number of rotatable bonds is 6. The van der Waals surface area contributed by atoms with Crippen molar-refractivity contribution in [1.82, 2.24) is 10.2 Å². The number of benzene rings is 2. The first kappa shape index (κ1) is 20.5. The zero-order chi connectivity index (χ0) is 20.8. The molecule has 1 saturated heterocycles. The van der Waals surface area contributed by atoms with Gasteiger partial charge < -0.3 is 15.1 Å². The SMILES string of the molecule is Cc1ccccc1N1CCN(C(=O)CNC(=O)C(=O)Cc2ccc(F)cc2)CC1. The van der Waals surface area contributed by atoms with E-state index in [0.29, 0.717) is 31.7 Å². The Morgan fingerprint density at radius 1 is 0.966 bits per heavy atom. The van der Waals surface area contributed by atoms with Crippen molar-refractivity contribution in [3.63, 3.8) is 0 Å². The van der Waals surface area contributed by atoms with Gasteiger partial charge in [0, 0.05) is 38.3 Å². The quantitative estimate of drug-likeness (QED) is 0.754. The van der Waals surface area contributed by atoms with Crippen molar-refractivity contribution in [2.75, 3.05) is 37.6 Å². The van der Waals surface area contributed by atoms with Crippen LogP contribution in [0.25, 0.3) is 0 Å². The first-order valence-electron chi connectivity index (χ1n) is 9.58. The molecule has 152 valence electrons. The minimum atomic E-state index is -0.804. The standard InChI is InChI=1S/C22H24FN3O3/c1-16-4-2-3-5-19(16)25-10-12-26(13-11-25)21(28)15-24-22(29)20(27)14-17-6-8-18(23)9-7-17/h2-9H,10-15H2,1H3,(H,24,29). The van der Waals surface area contributed by atoms with Gasteiger partial charge in [-0.3, -0.25) is 14.4 Å². The van der Waals surface area contributed by atoms with E-state index in [2.05, 4.69) is 29.3 Å². The summed E-state index contributed by atoms with van der Waals surface area (Å²) >= 11 is 0. The van der Waals surface area contributed by atoms with Gasteiger partial charge >= 0.3 is 0 Å². The molecule has 2 aromatic carbocycles. The van der Waals surface area contributed by atoms with Crippen LogP contribution in [0.3, 0.4) is 0 Å². The highest BCUT2D eigenvalue weighted by molar-refractivity contribution is 6.36. The lowest BCUT2D eigenvalue weighted by Crippen LogP contribution is -2.51. The van der Waals surface area contributed by atoms with Gasteiger partial charge in [-0.25, -0.2) is 4.39 Å². The molecule has 2 amide bonds. The van der Waals surface area contributed by atoms with Crippen LogP contribution in [0.15, 0.2) is 48.5 Å². The van der Waals surface area contributed by atoms with Crippen molar-refractivity contribution in [2.24, 2.45) is 0 Å². The van der Waals surface area contributed by atoms with Crippen LogP contribution in [0.4, 0.5) is 10.1 Å². The van der Waals surface area contributed by atoms with Gasteiger partial charge in [-0.2, -0.15) is 0 Å². The minimum Gasteiger partial charge on any atom is -0.368 e. The van der Waals surface area contributed by atoms with Crippen molar-refractivity contribution in [3.8, 4) is 0 Å². The molecule has 0 bridgehead atoms. The van der Waals surface area contributed by atoms with E-state index in [4.69, 9.17) is 0 Å². The molecule has 0 aromatic heterocycles. The monoisotopic (exact) mass is 397 g/mol. The van der Waals surface area contributed by atoms with Gasteiger partial charge in [0.05, 0.1) is 6.54 Å². The summed E-state index contributed by atoms with van der Waals surface area (Å²) in [5.41, 5.74) is 2.91. The summed E-state index contributed by atoms with van der Waals surface area (Å²) in [6.07, 6.45) is -0.130. The molecular formula is C22H24FN3O3. The van der Waals surface area contributed by atoms with E-state index in [1.54, 1.807) is 4.90 Å². The molecule has 1 aliphatic heterocycles. The van der Waals surface area contributed by atoms with Crippen molar-refractivity contribution >= 4 is 23.3 Å². The molecule has 0 radical (unpaired) electrons. The second-order valence-electron chi connectivity index (χ2n) is 7.06. The molecule has 0 unspecified atom stereocenters. The van der Waals surface area contributed by atoms with Gasteiger partial charge in [-0.05, 0) is 36.2 Å². The number of aryl methyl sites for hydroxylation is 1. The van der Waals surface area contributed by atoms with Crippen molar-refractivity contribution < 1.29 is 18.8 Å². The Kier molecular flexibility index (Phi) is 6.59. The molecule has 0 saturated carbocycles. The molecule has 0 atom stereocenters.